The van der Waals surface area contributed by atoms with E-state index in [1.54, 1.807) is 0 Å². The molecule has 0 saturated carbocycles. The molecule has 5 heteroatoms. The molecule has 0 unspecified atom stereocenters. The Bertz CT molecular complexity index is 667. The number of nitrogens with zero attached hydrogens (tertiary/aromatic N) is 1. The molecule has 0 atom stereocenters. The highest BCUT2D eigenvalue weighted by Crippen LogP contribution is 2.21. The number of ether oxygens (including phenoxy) is 2. The summed E-state index contributed by atoms with van der Waals surface area (Å²) in [6.07, 6.45) is 0.942. The fraction of sp³-hybridized carbons (Fsp3) is 0.381. The van der Waals surface area contributed by atoms with E-state index >= 15 is 0 Å². The van der Waals surface area contributed by atoms with Crippen molar-refractivity contribution in [3.8, 4) is 16.9 Å². The van der Waals surface area contributed by atoms with Gasteiger partial charge in [-0.1, -0.05) is 42.5 Å². The molecule has 2 aromatic carbocycles. The third-order valence-corrected chi connectivity index (χ3v) is 4.41. The van der Waals surface area contributed by atoms with Crippen molar-refractivity contribution in [1.82, 2.24) is 10.2 Å². The summed E-state index contributed by atoms with van der Waals surface area (Å²) in [5.74, 6) is 0.618. The summed E-state index contributed by atoms with van der Waals surface area (Å²) in [5, 5.41) is 2.91. The lowest BCUT2D eigenvalue weighted by atomic mass is 10.1. The Hall–Kier alpha value is -2.37. The predicted octanol–water partition coefficient (Wildman–Crippen LogP) is 2.57. The summed E-state index contributed by atoms with van der Waals surface area (Å²) in [5.41, 5.74) is 2.29. The van der Waals surface area contributed by atoms with Gasteiger partial charge in [0.15, 0.2) is 6.61 Å². The van der Waals surface area contributed by atoms with Crippen LogP contribution in [-0.2, 0) is 9.53 Å². The zero-order valence-corrected chi connectivity index (χ0v) is 15.0. The summed E-state index contributed by atoms with van der Waals surface area (Å²) in [7, 11) is 0. The quantitative estimate of drug-likeness (QED) is 0.741. The minimum Gasteiger partial charge on any atom is -0.484 e. The first-order valence-electron chi connectivity index (χ1n) is 9.16. The Morgan fingerprint density at radius 3 is 2.42 bits per heavy atom. The predicted molar refractivity (Wildman–Crippen MR) is 102 cm³/mol. The van der Waals surface area contributed by atoms with Gasteiger partial charge < -0.3 is 14.8 Å². The molecule has 2 aromatic rings. The van der Waals surface area contributed by atoms with Crippen LogP contribution < -0.4 is 10.1 Å². The van der Waals surface area contributed by atoms with Crippen LogP contribution in [0.1, 0.15) is 6.42 Å². The van der Waals surface area contributed by atoms with Crippen LogP contribution in [0.2, 0.25) is 0 Å². The number of carbonyl (C=O) groups is 1. The maximum absolute atomic E-state index is 11.9. The number of morpholine rings is 1. The maximum atomic E-state index is 11.9. The molecule has 0 spiro atoms. The monoisotopic (exact) mass is 354 g/mol. The SMILES string of the molecule is O=C(COc1ccc(-c2ccccc2)cc1)NCCCN1CCOCC1. The zero-order valence-electron chi connectivity index (χ0n) is 15.0. The second-order valence-corrected chi connectivity index (χ2v) is 6.34. The fourth-order valence-corrected chi connectivity index (χ4v) is 2.93. The van der Waals surface area contributed by atoms with E-state index in [0.29, 0.717) is 12.3 Å². The largest absolute Gasteiger partial charge is 0.484 e. The van der Waals surface area contributed by atoms with Gasteiger partial charge in [0.2, 0.25) is 0 Å². The van der Waals surface area contributed by atoms with Crippen molar-refractivity contribution in [2.45, 2.75) is 6.42 Å². The fourth-order valence-electron chi connectivity index (χ4n) is 2.93. The average Bonchev–Trinajstić information content (AvgIpc) is 2.71. The molecule has 3 rings (SSSR count). The molecule has 0 bridgehead atoms. The van der Waals surface area contributed by atoms with Gasteiger partial charge >= 0.3 is 0 Å². The van der Waals surface area contributed by atoms with E-state index in [1.807, 2.05) is 42.5 Å². The number of rotatable bonds is 8. The van der Waals surface area contributed by atoms with E-state index in [9.17, 15) is 4.79 Å². The third-order valence-electron chi connectivity index (χ3n) is 4.41. The molecule has 1 saturated heterocycles. The molecule has 0 radical (unpaired) electrons. The number of carbonyl (C=O) groups excluding carboxylic acids is 1. The van der Waals surface area contributed by atoms with Crippen LogP contribution in [0.5, 0.6) is 5.75 Å². The summed E-state index contributed by atoms with van der Waals surface area (Å²) in [6, 6.07) is 18.0. The Morgan fingerprint density at radius 1 is 1.00 bits per heavy atom. The topological polar surface area (TPSA) is 50.8 Å². The first-order valence-corrected chi connectivity index (χ1v) is 9.16. The number of amides is 1. The highest BCUT2D eigenvalue weighted by atomic mass is 16.5. The van der Waals surface area contributed by atoms with Gasteiger partial charge in [-0.2, -0.15) is 0 Å². The second-order valence-electron chi connectivity index (χ2n) is 6.34. The number of hydrogen-bond acceptors (Lipinski definition) is 4. The Morgan fingerprint density at radius 2 is 1.69 bits per heavy atom. The van der Waals surface area contributed by atoms with Gasteiger partial charge in [0.1, 0.15) is 5.75 Å². The molecule has 1 amide bonds. The first kappa shape index (κ1) is 18.4. The van der Waals surface area contributed by atoms with Crippen LogP contribution in [0.3, 0.4) is 0 Å². The molecule has 5 nitrogen and oxygen atoms in total. The molecule has 0 aromatic heterocycles. The van der Waals surface area contributed by atoms with Gasteiger partial charge in [0, 0.05) is 19.6 Å². The highest BCUT2D eigenvalue weighted by Gasteiger charge is 2.09. The Balaban J connectivity index is 1.33. The Kier molecular flexibility index (Phi) is 7.05. The lowest BCUT2D eigenvalue weighted by Gasteiger charge is -2.26. The van der Waals surface area contributed by atoms with Gasteiger partial charge in [-0.15, -0.1) is 0 Å². The smallest absolute Gasteiger partial charge is 0.257 e. The first-order chi connectivity index (χ1) is 12.8. The van der Waals surface area contributed by atoms with Crippen molar-refractivity contribution in [1.29, 1.82) is 0 Å². The molecule has 0 aliphatic carbocycles. The maximum Gasteiger partial charge on any atom is 0.257 e. The molecule has 138 valence electrons. The molecule has 1 aliphatic rings. The second kappa shape index (κ2) is 9.94. The van der Waals surface area contributed by atoms with Gasteiger partial charge in [-0.05, 0) is 36.2 Å². The van der Waals surface area contributed by atoms with Crippen molar-refractivity contribution < 1.29 is 14.3 Å². The number of benzene rings is 2. The molecule has 1 fully saturated rings. The van der Waals surface area contributed by atoms with Gasteiger partial charge in [-0.3, -0.25) is 9.69 Å². The summed E-state index contributed by atoms with van der Waals surface area (Å²) in [4.78, 5) is 14.2. The van der Waals surface area contributed by atoms with Crippen molar-refractivity contribution in [3.05, 3.63) is 54.6 Å². The van der Waals surface area contributed by atoms with Crippen molar-refractivity contribution in [2.75, 3.05) is 46.0 Å². The van der Waals surface area contributed by atoms with Gasteiger partial charge in [0.25, 0.3) is 5.91 Å². The molecule has 26 heavy (non-hydrogen) atoms. The molecular formula is C21H26N2O3. The number of nitrogens with one attached hydrogen (secondary N) is 1. The van der Waals surface area contributed by atoms with E-state index in [4.69, 9.17) is 9.47 Å². The van der Waals surface area contributed by atoms with Gasteiger partial charge in [0.05, 0.1) is 13.2 Å². The summed E-state index contributed by atoms with van der Waals surface area (Å²) in [6.45, 7) is 5.29. The summed E-state index contributed by atoms with van der Waals surface area (Å²) < 4.78 is 10.9. The van der Waals surface area contributed by atoms with Gasteiger partial charge in [-0.25, -0.2) is 0 Å². The minimum absolute atomic E-state index is 0.0439. The lowest BCUT2D eigenvalue weighted by Crippen LogP contribution is -2.38. The van der Waals surface area contributed by atoms with Crippen molar-refractivity contribution in [2.24, 2.45) is 0 Å². The van der Waals surface area contributed by atoms with E-state index in [0.717, 1.165) is 50.4 Å². The molecule has 1 aliphatic heterocycles. The van der Waals surface area contributed by atoms with Crippen LogP contribution >= 0.6 is 0 Å². The zero-order chi connectivity index (χ0) is 18.0. The van der Waals surface area contributed by atoms with Crippen molar-refractivity contribution >= 4 is 5.91 Å². The highest BCUT2D eigenvalue weighted by molar-refractivity contribution is 5.77. The number of hydrogen-bond donors (Lipinski definition) is 1. The van der Waals surface area contributed by atoms with Crippen molar-refractivity contribution in [3.63, 3.8) is 0 Å². The standard InChI is InChI=1S/C21H26N2O3/c24-21(22-11-4-12-23-13-15-25-16-14-23)17-26-20-9-7-19(8-10-20)18-5-2-1-3-6-18/h1-3,5-10H,4,11-17H2,(H,22,24). The molecule has 1 N–H and O–H groups in total. The van der Waals surface area contributed by atoms with Crippen LogP contribution in [0.15, 0.2) is 54.6 Å². The van der Waals surface area contributed by atoms with E-state index < -0.39 is 0 Å². The third kappa shape index (κ3) is 5.86. The average molecular weight is 354 g/mol. The van der Waals surface area contributed by atoms with Crippen LogP contribution in [0.4, 0.5) is 0 Å². The van der Waals surface area contributed by atoms with Crippen LogP contribution in [0.25, 0.3) is 11.1 Å². The Labute approximate surface area is 154 Å². The van der Waals surface area contributed by atoms with Crippen LogP contribution in [0, 0.1) is 0 Å². The molecular weight excluding hydrogens is 328 g/mol. The van der Waals surface area contributed by atoms with E-state index in [1.165, 1.54) is 0 Å². The van der Waals surface area contributed by atoms with Crippen LogP contribution in [-0.4, -0.2) is 56.8 Å². The summed E-state index contributed by atoms with van der Waals surface area (Å²) >= 11 is 0. The minimum atomic E-state index is -0.0842. The lowest BCUT2D eigenvalue weighted by molar-refractivity contribution is -0.123. The normalized spacial score (nSPS) is 14.8. The van der Waals surface area contributed by atoms with E-state index in [-0.39, 0.29) is 12.5 Å². The van der Waals surface area contributed by atoms with E-state index in [2.05, 4.69) is 22.3 Å². The molecule has 1 heterocycles.